The van der Waals surface area contributed by atoms with Crippen LogP contribution < -0.4 is 10.6 Å². The van der Waals surface area contributed by atoms with Crippen LogP contribution >= 0.6 is 0 Å². The third kappa shape index (κ3) is 4.54. The Morgan fingerprint density at radius 1 is 1.47 bits per heavy atom. The maximum absolute atomic E-state index is 11.5. The summed E-state index contributed by atoms with van der Waals surface area (Å²) < 4.78 is 5.24. The summed E-state index contributed by atoms with van der Waals surface area (Å²) in [7, 11) is 3.50. The zero-order valence-electron chi connectivity index (χ0n) is 10.6. The number of nitrogens with one attached hydrogen (secondary N) is 2. The first-order chi connectivity index (χ1) is 8.17. The number of hydrogen-bond donors (Lipinski definition) is 2. The van der Waals surface area contributed by atoms with Crippen LogP contribution in [0.4, 0.5) is 5.69 Å². The Morgan fingerprint density at radius 3 is 2.88 bits per heavy atom. The van der Waals surface area contributed by atoms with Crippen molar-refractivity contribution in [1.82, 2.24) is 5.32 Å². The Bertz CT molecular complexity index is 366. The second-order valence-electron chi connectivity index (χ2n) is 3.91. The van der Waals surface area contributed by atoms with E-state index < -0.39 is 0 Å². The summed E-state index contributed by atoms with van der Waals surface area (Å²) in [6.45, 7) is 2.65. The van der Waals surface area contributed by atoms with Crippen molar-refractivity contribution in [3.8, 4) is 0 Å². The Labute approximate surface area is 102 Å². The monoisotopic (exact) mass is 236 g/mol. The minimum absolute atomic E-state index is 0.0153. The topological polar surface area (TPSA) is 50.4 Å². The van der Waals surface area contributed by atoms with Gasteiger partial charge >= 0.3 is 0 Å². The second-order valence-corrected chi connectivity index (χ2v) is 3.91. The first-order valence-electron chi connectivity index (χ1n) is 5.74. The van der Waals surface area contributed by atoms with E-state index in [4.69, 9.17) is 4.74 Å². The van der Waals surface area contributed by atoms with E-state index in [0.29, 0.717) is 13.0 Å². The normalized spacial score (nSPS) is 12.2. The minimum Gasteiger partial charge on any atom is -0.377 e. The lowest BCUT2D eigenvalue weighted by atomic mass is 10.1. The van der Waals surface area contributed by atoms with Crippen LogP contribution in [0, 0.1) is 0 Å². The summed E-state index contributed by atoms with van der Waals surface area (Å²) in [5.74, 6) is 0.0153. The summed E-state index contributed by atoms with van der Waals surface area (Å²) in [4.78, 5) is 11.5. The molecular formula is C13H20N2O2. The van der Waals surface area contributed by atoms with Gasteiger partial charge in [0, 0.05) is 25.8 Å². The molecule has 0 aliphatic rings. The van der Waals surface area contributed by atoms with Crippen molar-refractivity contribution in [3.63, 3.8) is 0 Å². The van der Waals surface area contributed by atoms with Crippen LogP contribution in [0.1, 0.15) is 25.0 Å². The van der Waals surface area contributed by atoms with Gasteiger partial charge in [0.2, 0.25) is 5.91 Å². The minimum atomic E-state index is 0.0153. The zero-order chi connectivity index (χ0) is 12.7. The largest absolute Gasteiger partial charge is 0.377 e. The van der Waals surface area contributed by atoms with E-state index in [1.807, 2.05) is 38.2 Å². The summed E-state index contributed by atoms with van der Waals surface area (Å²) in [5, 5.41) is 5.80. The lowest BCUT2D eigenvalue weighted by molar-refractivity contribution is -0.116. The first kappa shape index (κ1) is 13.7. The van der Waals surface area contributed by atoms with E-state index in [1.54, 1.807) is 7.11 Å². The van der Waals surface area contributed by atoms with Crippen LogP contribution in [0.15, 0.2) is 24.3 Å². The fraction of sp³-hybridized carbons (Fsp3) is 0.462. The molecule has 0 saturated carbocycles. The Balaban J connectivity index is 2.62. The molecule has 1 atom stereocenters. The SMILES string of the molecule is CNCCC(=O)Nc1cccc(C(C)OC)c1. The summed E-state index contributed by atoms with van der Waals surface area (Å²) in [5.41, 5.74) is 1.87. The number of ether oxygens (including phenoxy) is 1. The quantitative estimate of drug-likeness (QED) is 0.793. The molecule has 1 amide bonds. The van der Waals surface area contributed by atoms with Crippen molar-refractivity contribution in [2.24, 2.45) is 0 Å². The number of anilines is 1. The molecule has 0 fully saturated rings. The highest BCUT2D eigenvalue weighted by atomic mass is 16.5. The molecule has 0 aromatic heterocycles. The highest BCUT2D eigenvalue weighted by molar-refractivity contribution is 5.90. The molecule has 0 radical (unpaired) electrons. The molecule has 0 heterocycles. The van der Waals surface area contributed by atoms with Gasteiger partial charge in [-0.3, -0.25) is 4.79 Å². The molecule has 4 nitrogen and oxygen atoms in total. The Hall–Kier alpha value is -1.39. The molecule has 0 aliphatic carbocycles. The molecule has 1 aromatic carbocycles. The first-order valence-corrected chi connectivity index (χ1v) is 5.74. The number of carbonyl (C=O) groups excluding carboxylic acids is 1. The van der Waals surface area contributed by atoms with E-state index in [2.05, 4.69) is 10.6 Å². The van der Waals surface area contributed by atoms with Gasteiger partial charge in [-0.2, -0.15) is 0 Å². The van der Waals surface area contributed by atoms with E-state index in [0.717, 1.165) is 11.3 Å². The molecule has 2 N–H and O–H groups in total. The molecule has 1 unspecified atom stereocenters. The smallest absolute Gasteiger partial charge is 0.225 e. The molecule has 0 saturated heterocycles. The summed E-state index contributed by atoms with van der Waals surface area (Å²) in [6, 6.07) is 7.71. The van der Waals surface area contributed by atoms with Crippen molar-refractivity contribution >= 4 is 11.6 Å². The molecule has 94 valence electrons. The van der Waals surface area contributed by atoms with E-state index in [1.165, 1.54) is 0 Å². The van der Waals surface area contributed by atoms with Crippen molar-refractivity contribution in [2.75, 3.05) is 26.0 Å². The maximum Gasteiger partial charge on any atom is 0.225 e. The van der Waals surface area contributed by atoms with Gasteiger partial charge in [0.05, 0.1) is 6.10 Å². The lowest BCUT2D eigenvalue weighted by Gasteiger charge is -2.12. The predicted octanol–water partition coefficient (Wildman–Crippen LogP) is 1.94. The van der Waals surface area contributed by atoms with Crippen LogP contribution in [-0.4, -0.2) is 26.6 Å². The van der Waals surface area contributed by atoms with Gasteiger partial charge in [0.1, 0.15) is 0 Å². The van der Waals surface area contributed by atoms with Gasteiger partial charge < -0.3 is 15.4 Å². The highest BCUT2D eigenvalue weighted by Crippen LogP contribution is 2.19. The fourth-order valence-corrected chi connectivity index (χ4v) is 1.47. The van der Waals surface area contributed by atoms with Gasteiger partial charge in [-0.15, -0.1) is 0 Å². The number of hydrogen-bond acceptors (Lipinski definition) is 3. The van der Waals surface area contributed by atoms with Crippen LogP contribution in [-0.2, 0) is 9.53 Å². The van der Waals surface area contributed by atoms with E-state index >= 15 is 0 Å². The lowest BCUT2D eigenvalue weighted by Crippen LogP contribution is -2.18. The van der Waals surface area contributed by atoms with Crippen molar-refractivity contribution in [3.05, 3.63) is 29.8 Å². The maximum atomic E-state index is 11.5. The van der Waals surface area contributed by atoms with Crippen molar-refractivity contribution < 1.29 is 9.53 Å². The van der Waals surface area contributed by atoms with Crippen LogP contribution in [0.25, 0.3) is 0 Å². The zero-order valence-corrected chi connectivity index (χ0v) is 10.6. The van der Waals surface area contributed by atoms with Gasteiger partial charge in [-0.05, 0) is 31.7 Å². The molecule has 0 spiro atoms. The average Bonchev–Trinajstić information content (AvgIpc) is 2.35. The van der Waals surface area contributed by atoms with Crippen LogP contribution in [0.5, 0.6) is 0 Å². The van der Waals surface area contributed by atoms with Crippen LogP contribution in [0.3, 0.4) is 0 Å². The average molecular weight is 236 g/mol. The molecule has 0 aliphatic heterocycles. The van der Waals surface area contributed by atoms with Gasteiger partial charge in [-0.1, -0.05) is 12.1 Å². The third-order valence-electron chi connectivity index (χ3n) is 2.60. The second kappa shape index (κ2) is 7.04. The fourth-order valence-electron chi connectivity index (χ4n) is 1.47. The Kier molecular flexibility index (Phi) is 5.66. The Morgan fingerprint density at radius 2 is 2.24 bits per heavy atom. The van der Waals surface area contributed by atoms with Gasteiger partial charge in [0.15, 0.2) is 0 Å². The van der Waals surface area contributed by atoms with E-state index in [9.17, 15) is 4.79 Å². The summed E-state index contributed by atoms with van der Waals surface area (Å²) in [6.07, 6.45) is 0.504. The molecule has 1 rings (SSSR count). The number of benzene rings is 1. The summed E-state index contributed by atoms with van der Waals surface area (Å²) >= 11 is 0. The standard InChI is InChI=1S/C13H20N2O2/c1-10(17-3)11-5-4-6-12(9-11)15-13(16)7-8-14-2/h4-6,9-10,14H,7-8H2,1-3H3,(H,15,16). The van der Waals surface area contributed by atoms with Crippen LogP contribution in [0.2, 0.25) is 0 Å². The predicted molar refractivity (Wildman–Crippen MR) is 69.0 cm³/mol. The molecule has 17 heavy (non-hydrogen) atoms. The number of rotatable bonds is 6. The molecule has 1 aromatic rings. The van der Waals surface area contributed by atoms with Gasteiger partial charge in [-0.25, -0.2) is 0 Å². The van der Waals surface area contributed by atoms with Crippen molar-refractivity contribution in [1.29, 1.82) is 0 Å². The van der Waals surface area contributed by atoms with E-state index in [-0.39, 0.29) is 12.0 Å². The number of amides is 1. The van der Waals surface area contributed by atoms with Gasteiger partial charge in [0.25, 0.3) is 0 Å². The molecular weight excluding hydrogens is 216 g/mol. The molecule has 0 bridgehead atoms. The third-order valence-corrected chi connectivity index (χ3v) is 2.60. The van der Waals surface area contributed by atoms with Crippen molar-refractivity contribution in [2.45, 2.75) is 19.4 Å². The highest BCUT2D eigenvalue weighted by Gasteiger charge is 2.06. The number of carbonyl (C=O) groups is 1. The molecule has 4 heteroatoms. The number of methoxy groups -OCH3 is 1.